The van der Waals surface area contributed by atoms with Gasteiger partial charge in [0.2, 0.25) is 0 Å². The number of nitro benzene ring substituents is 1. The topological polar surface area (TPSA) is 118 Å². The molecule has 1 heterocycles. The molecule has 8 heteroatoms. The Bertz CT molecular complexity index is 596. The number of benzene rings is 1. The highest BCUT2D eigenvalue weighted by Gasteiger charge is 2.27. The van der Waals surface area contributed by atoms with E-state index >= 15 is 0 Å². The molecule has 0 unspecified atom stereocenters. The Morgan fingerprint density at radius 2 is 1.53 bits per heavy atom. The van der Waals surface area contributed by atoms with Crippen molar-refractivity contribution in [3.8, 4) is 0 Å². The third kappa shape index (κ3) is 2.63. The summed E-state index contributed by atoms with van der Waals surface area (Å²) in [6.07, 6.45) is 1.24. The third-order valence-corrected chi connectivity index (χ3v) is 2.36. The average molecular weight is 261 g/mol. The van der Waals surface area contributed by atoms with E-state index in [0.29, 0.717) is 5.56 Å². The predicted octanol–water partition coefficient (Wildman–Crippen LogP) is 0.344. The first-order valence-corrected chi connectivity index (χ1v) is 5.10. The lowest BCUT2D eigenvalue weighted by atomic mass is 10.1. The number of urea groups is 1. The van der Waals surface area contributed by atoms with Gasteiger partial charge in [0.15, 0.2) is 0 Å². The molecule has 1 fully saturated rings. The second kappa shape index (κ2) is 4.69. The van der Waals surface area contributed by atoms with Crippen molar-refractivity contribution in [1.82, 2.24) is 10.6 Å². The smallest absolute Gasteiger partial charge is 0.273 e. The van der Waals surface area contributed by atoms with E-state index in [1.165, 1.54) is 30.3 Å². The highest BCUT2D eigenvalue weighted by Crippen LogP contribution is 2.15. The summed E-state index contributed by atoms with van der Waals surface area (Å²) in [5.41, 5.74) is 0.0866. The van der Waals surface area contributed by atoms with Gasteiger partial charge in [-0.3, -0.25) is 30.3 Å². The Morgan fingerprint density at radius 1 is 1.00 bits per heavy atom. The zero-order chi connectivity index (χ0) is 14.0. The minimum absolute atomic E-state index is 0.102. The molecule has 0 aromatic heterocycles. The second-order valence-corrected chi connectivity index (χ2v) is 3.64. The van der Waals surface area contributed by atoms with E-state index in [-0.39, 0.29) is 11.3 Å². The molecule has 2 N–H and O–H groups in total. The van der Waals surface area contributed by atoms with Crippen molar-refractivity contribution in [3.63, 3.8) is 0 Å². The van der Waals surface area contributed by atoms with Gasteiger partial charge in [-0.2, -0.15) is 0 Å². The third-order valence-electron chi connectivity index (χ3n) is 2.36. The number of nitrogens with zero attached hydrogens (tertiary/aromatic N) is 1. The minimum Gasteiger partial charge on any atom is -0.273 e. The summed E-state index contributed by atoms with van der Waals surface area (Å²) in [5, 5.41) is 14.3. The van der Waals surface area contributed by atoms with Crippen LogP contribution in [0.5, 0.6) is 0 Å². The highest BCUT2D eigenvalue weighted by atomic mass is 16.6. The molecule has 1 aliphatic rings. The zero-order valence-corrected chi connectivity index (χ0v) is 9.38. The van der Waals surface area contributed by atoms with Crippen LogP contribution in [0.1, 0.15) is 5.56 Å². The number of amides is 4. The van der Waals surface area contributed by atoms with Crippen LogP contribution in [0.4, 0.5) is 10.5 Å². The fourth-order valence-corrected chi connectivity index (χ4v) is 1.47. The van der Waals surface area contributed by atoms with Gasteiger partial charge in [0, 0.05) is 12.1 Å². The van der Waals surface area contributed by atoms with Crippen LogP contribution in [0.2, 0.25) is 0 Å². The van der Waals surface area contributed by atoms with Crippen LogP contribution in [0.15, 0.2) is 29.8 Å². The number of rotatable bonds is 2. The van der Waals surface area contributed by atoms with Crippen LogP contribution in [-0.4, -0.2) is 22.8 Å². The summed E-state index contributed by atoms with van der Waals surface area (Å²) in [5.74, 6) is -1.63. The molecule has 96 valence electrons. The van der Waals surface area contributed by atoms with Crippen molar-refractivity contribution < 1.29 is 19.3 Å². The quantitative estimate of drug-likeness (QED) is 0.344. The van der Waals surface area contributed by atoms with Crippen molar-refractivity contribution in [2.45, 2.75) is 0 Å². The molecule has 0 atom stereocenters. The van der Waals surface area contributed by atoms with E-state index in [0.717, 1.165) is 0 Å². The largest absolute Gasteiger partial charge is 0.328 e. The summed E-state index contributed by atoms with van der Waals surface area (Å²) in [7, 11) is 0. The SMILES string of the molecule is O=C1NC(=O)C(=Cc2ccc([N+](=O)[O-])cc2)C(=O)N1. The number of carbonyl (C=O) groups is 3. The van der Waals surface area contributed by atoms with Crippen molar-refractivity contribution in [2.75, 3.05) is 0 Å². The van der Waals surface area contributed by atoms with Crippen LogP contribution in [0.3, 0.4) is 0 Å². The van der Waals surface area contributed by atoms with Crippen molar-refractivity contribution in [2.24, 2.45) is 0 Å². The molecule has 1 saturated heterocycles. The van der Waals surface area contributed by atoms with Gasteiger partial charge < -0.3 is 0 Å². The number of carbonyl (C=O) groups excluding carboxylic acids is 3. The molecule has 0 saturated carbocycles. The predicted molar refractivity (Wildman–Crippen MR) is 62.8 cm³/mol. The summed E-state index contributed by atoms with van der Waals surface area (Å²) >= 11 is 0. The summed E-state index contributed by atoms with van der Waals surface area (Å²) in [6.45, 7) is 0. The molecule has 0 spiro atoms. The molecule has 0 radical (unpaired) electrons. The fourth-order valence-electron chi connectivity index (χ4n) is 1.47. The molecule has 19 heavy (non-hydrogen) atoms. The second-order valence-electron chi connectivity index (χ2n) is 3.64. The number of barbiturate groups is 1. The fraction of sp³-hybridized carbons (Fsp3) is 0. The van der Waals surface area contributed by atoms with E-state index in [1.807, 2.05) is 10.6 Å². The molecule has 0 bridgehead atoms. The first kappa shape index (κ1) is 12.4. The van der Waals surface area contributed by atoms with E-state index in [2.05, 4.69) is 0 Å². The normalized spacial score (nSPS) is 14.7. The number of hydrogen-bond donors (Lipinski definition) is 2. The molecular formula is C11H7N3O5. The van der Waals surface area contributed by atoms with Gasteiger partial charge in [0.05, 0.1) is 4.92 Å². The lowest BCUT2D eigenvalue weighted by Gasteiger charge is -2.13. The van der Waals surface area contributed by atoms with Crippen molar-refractivity contribution in [3.05, 3.63) is 45.5 Å². The molecule has 4 amide bonds. The Labute approximate surface area is 106 Å². The van der Waals surface area contributed by atoms with E-state index in [4.69, 9.17) is 0 Å². The Hall–Kier alpha value is -3.03. The van der Waals surface area contributed by atoms with Gasteiger partial charge in [-0.1, -0.05) is 0 Å². The van der Waals surface area contributed by atoms with Crippen LogP contribution in [0.25, 0.3) is 6.08 Å². The molecule has 0 aliphatic carbocycles. The van der Waals surface area contributed by atoms with Gasteiger partial charge >= 0.3 is 6.03 Å². The lowest BCUT2D eigenvalue weighted by Crippen LogP contribution is -2.51. The minimum atomic E-state index is -0.879. The standard InChI is InChI=1S/C11H7N3O5/c15-9-8(10(16)13-11(17)12-9)5-6-1-3-7(4-2-6)14(18)19/h1-5H,(H2,12,13,15,16,17). The van der Waals surface area contributed by atoms with Gasteiger partial charge in [-0.15, -0.1) is 0 Å². The summed E-state index contributed by atoms with van der Waals surface area (Å²) in [6, 6.07) is 4.40. The summed E-state index contributed by atoms with van der Waals surface area (Å²) in [4.78, 5) is 43.6. The number of nitro groups is 1. The molecular weight excluding hydrogens is 254 g/mol. The zero-order valence-electron chi connectivity index (χ0n) is 9.38. The maximum atomic E-state index is 11.4. The number of nitrogens with one attached hydrogen (secondary N) is 2. The monoisotopic (exact) mass is 261 g/mol. The maximum Gasteiger partial charge on any atom is 0.328 e. The van der Waals surface area contributed by atoms with Gasteiger partial charge in [-0.25, -0.2) is 4.79 Å². The Morgan fingerprint density at radius 3 is 2.00 bits per heavy atom. The van der Waals surface area contributed by atoms with Crippen LogP contribution >= 0.6 is 0 Å². The van der Waals surface area contributed by atoms with E-state index in [9.17, 15) is 24.5 Å². The molecule has 1 aromatic rings. The van der Waals surface area contributed by atoms with E-state index < -0.39 is 22.8 Å². The Balaban J connectivity index is 2.30. The van der Waals surface area contributed by atoms with Gasteiger partial charge in [-0.05, 0) is 23.8 Å². The van der Waals surface area contributed by atoms with Crippen LogP contribution in [0, 0.1) is 10.1 Å². The van der Waals surface area contributed by atoms with Gasteiger partial charge in [0.25, 0.3) is 17.5 Å². The Kier molecular flexibility index (Phi) is 3.06. The molecule has 2 rings (SSSR count). The first-order chi connectivity index (χ1) is 8.97. The molecule has 1 aromatic carbocycles. The first-order valence-electron chi connectivity index (χ1n) is 5.10. The number of hydrogen-bond acceptors (Lipinski definition) is 5. The van der Waals surface area contributed by atoms with Crippen LogP contribution in [-0.2, 0) is 9.59 Å². The highest BCUT2D eigenvalue weighted by molar-refractivity contribution is 6.31. The maximum absolute atomic E-state index is 11.4. The molecule has 8 nitrogen and oxygen atoms in total. The number of non-ortho nitro benzene ring substituents is 1. The van der Waals surface area contributed by atoms with Gasteiger partial charge in [0.1, 0.15) is 5.57 Å². The average Bonchev–Trinajstić information content (AvgIpc) is 2.34. The van der Waals surface area contributed by atoms with E-state index in [1.54, 1.807) is 0 Å². The van der Waals surface area contributed by atoms with Crippen LogP contribution < -0.4 is 10.6 Å². The number of imide groups is 2. The summed E-state index contributed by atoms with van der Waals surface area (Å²) < 4.78 is 0. The lowest BCUT2D eigenvalue weighted by molar-refractivity contribution is -0.384. The van der Waals surface area contributed by atoms with Crippen molar-refractivity contribution in [1.29, 1.82) is 0 Å². The van der Waals surface area contributed by atoms with Crippen molar-refractivity contribution >= 4 is 29.6 Å². The molecule has 1 aliphatic heterocycles.